The summed E-state index contributed by atoms with van der Waals surface area (Å²) in [7, 11) is 0. The number of hydrogen-bond acceptors (Lipinski definition) is 0. The van der Waals surface area contributed by atoms with Crippen LogP contribution in [0.25, 0.3) is 0 Å². The van der Waals surface area contributed by atoms with Crippen molar-refractivity contribution in [3.05, 3.63) is 74.0 Å². The predicted molar refractivity (Wildman–Crippen MR) is 75.6 cm³/mol. The third-order valence-corrected chi connectivity index (χ3v) is 6.83. The Morgan fingerprint density at radius 1 is 0.684 bits per heavy atom. The quantitative estimate of drug-likeness (QED) is 0.252. The zero-order chi connectivity index (χ0) is 11.7. The van der Waals surface area contributed by atoms with Crippen molar-refractivity contribution in [1.82, 2.24) is 0 Å². The van der Waals surface area contributed by atoms with Crippen LogP contribution in [0.2, 0.25) is 0 Å². The number of hydrogen-bond donors (Lipinski definition) is 0. The van der Waals surface area contributed by atoms with Gasteiger partial charge in [0.25, 0.3) is 0 Å². The number of rotatable bonds is 2. The minimum absolute atomic E-state index is 0. The molecule has 0 heterocycles. The summed E-state index contributed by atoms with van der Waals surface area (Å²) in [5, 5.41) is 2.03. The molecule has 19 heavy (non-hydrogen) atoms. The second kappa shape index (κ2) is 8.39. The second-order valence-electron chi connectivity index (χ2n) is 4.05. The molecule has 0 atom stereocenters. The topological polar surface area (TPSA) is 0 Å². The molecule has 0 aromatic heterocycles. The van der Waals surface area contributed by atoms with E-state index in [0.717, 1.165) is 10.6 Å². The van der Waals surface area contributed by atoms with Gasteiger partial charge < -0.3 is 12.4 Å². The molecule has 0 aliphatic heterocycles. The van der Waals surface area contributed by atoms with E-state index in [0.29, 0.717) is 0 Å². The summed E-state index contributed by atoms with van der Waals surface area (Å²) in [6, 6.07) is 19.8. The normalized spacial score (nSPS) is 11.8. The van der Waals surface area contributed by atoms with Crippen molar-refractivity contribution in [3.8, 4) is 0 Å². The van der Waals surface area contributed by atoms with Crippen molar-refractivity contribution in [2.75, 3.05) is 0 Å². The van der Waals surface area contributed by atoms with Gasteiger partial charge in [-0.05, 0) is 0 Å². The summed E-state index contributed by atoms with van der Waals surface area (Å²) in [6.07, 6.45) is 0. The zero-order valence-electron chi connectivity index (χ0n) is 9.99. The molecule has 0 saturated heterocycles. The van der Waals surface area contributed by atoms with Crippen molar-refractivity contribution in [2.45, 2.75) is 0 Å². The third kappa shape index (κ3) is 5.00. The van der Waals surface area contributed by atoms with Crippen molar-refractivity contribution in [2.24, 2.45) is 0 Å². The van der Waals surface area contributed by atoms with E-state index < -0.39 is 5.96 Å². The fourth-order valence-electron chi connectivity index (χ4n) is 1.69. The molecule has 2 aromatic rings. The first-order valence-corrected chi connectivity index (χ1v) is 8.58. The molecular formula is C14H14Au2Cl2P-. The molecule has 0 spiro atoms. The summed E-state index contributed by atoms with van der Waals surface area (Å²) in [6.45, 7) is 8.45. The molecule has 0 bridgehead atoms. The Hall–Kier alpha value is 0.931. The van der Waals surface area contributed by atoms with Crippen LogP contribution in [0.3, 0.4) is 0 Å². The van der Waals surface area contributed by atoms with Crippen molar-refractivity contribution in [3.63, 3.8) is 0 Å². The van der Waals surface area contributed by atoms with Crippen LogP contribution in [0.1, 0.15) is 0 Å². The molecule has 0 aliphatic carbocycles. The van der Waals surface area contributed by atoms with Gasteiger partial charge in [-0.25, -0.2) is 0 Å². The van der Waals surface area contributed by atoms with E-state index in [9.17, 15) is 0 Å². The molecule has 2 rings (SSSR count). The van der Waals surface area contributed by atoms with Crippen LogP contribution in [0, 0.1) is 13.3 Å². The Bertz CT molecular complexity index is 438. The van der Waals surface area contributed by atoms with E-state index in [2.05, 4.69) is 13.3 Å². The van der Waals surface area contributed by atoms with Gasteiger partial charge in [0.1, 0.15) is 0 Å². The van der Waals surface area contributed by atoms with Crippen molar-refractivity contribution in [1.29, 1.82) is 0 Å². The molecule has 0 saturated carbocycles. The summed E-state index contributed by atoms with van der Waals surface area (Å²) in [5.41, 5.74) is 0. The molecule has 0 N–H and O–H groups in total. The fourth-order valence-corrected chi connectivity index (χ4v) is 4.37. The van der Waals surface area contributed by atoms with Gasteiger partial charge in [-0.1, -0.05) is 0 Å². The molecule has 0 unspecified atom stereocenters. The molecule has 112 valence electrons. The van der Waals surface area contributed by atoms with Crippen LogP contribution in [-0.2, 0) is 44.8 Å². The van der Waals surface area contributed by atoms with Crippen LogP contribution < -0.4 is 23.0 Å². The number of benzene rings is 2. The first-order valence-electron chi connectivity index (χ1n) is 5.07. The first kappa shape index (κ1) is 22.2. The van der Waals surface area contributed by atoms with E-state index in [4.69, 9.17) is 11.2 Å². The minimum atomic E-state index is -2.96. The average Bonchev–Trinajstić information content (AvgIpc) is 2.31. The maximum absolute atomic E-state index is 6.75. The van der Waals surface area contributed by atoms with Gasteiger partial charge in [0.2, 0.25) is 0 Å². The molecule has 0 amide bonds. The van der Waals surface area contributed by atoms with E-state index >= 15 is 0 Å². The SMILES string of the molecule is [Au+].[Au+].[CH2-]P([CH2-])(Cl)(c1ccccc1)c1ccccc1.[Cl-]. The average molecular weight is 678 g/mol. The molecule has 5 heteroatoms. The van der Waals surface area contributed by atoms with Gasteiger partial charge in [-0.3, -0.25) is 0 Å². The van der Waals surface area contributed by atoms with Crippen LogP contribution in [0.15, 0.2) is 60.7 Å². The standard InChI is InChI=1S/C14H14ClP.2Au.ClH/c1-16(2,15,13-9-5-3-6-10-13)14-11-7-4-8-12-14;;;/h3-12H,1-2H2;;;1H/q-2;2*+1;/p-1. The molecular weight excluding hydrogens is 664 g/mol. The molecule has 0 fully saturated rings. The van der Waals surface area contributed by atoms with E-state index in [1.807, 2.05) is 60.7 Å². The first-order chi connectivity index (χ1) is 7.49. The molecule has 2 aromatic carbocycles. The van der Waals surface area contributed by atoms with Crippen LogP contribution in [-0.4, -0.2) is 0 Å². The van der Waals surface area contributed by atoms with Gasteiger partial charge in [-0.15, -0.1) is 0 Å². The van der Waals surface area contributed by atoms with E-state index in [-0.39, 0.29) is 57.2 Å². The van der Waals surface area contributed by atoms with Gasteiger partial charge >= 0.3 is 147 Å². The molecule has 0 radical (unpaired) electrons. The van der Waals surface area contributed by atoms with Crippen LogP contribution in [0.5, 0.6) is 0 Å². The Morgan fingerprint density at radius 2 is 0.947 bits per heavy atom. The monoisotopic (exact) mass is 677 g/mol. The largest absolute Gasteiger partial charge is 1.00 e. The minimum Gasteiger partial charge on any atom is -1.00 e. The zero-order valence-corrected chi connectivity index (χ0v) is 16.7. The van der Waals surface area contributed by atoms with Gasteiger partial charge in [-0.2, -0.15) is 0 Å². The maximum Gasteiger partial charge on any atom is -1.00 e. The van der Waals surface area contributed by atoms with E-state index in [1.165, 1.54) is 0 Å². The van der Waals surface area contributed by atoms with Crippen molar-refractivity contribution >= 4 is 27.8 Å². The summed E-state index contributed by atoms with van der Waals surface area (Å²) in [5.74, 6) is -2.96. The Labute approximate surface area is 157 Å². The molecule has 0 nitrogen and oxygen atoms in total. The van der Waals surface area contributed by atoms with E-state index in [1.54, 1.807) is 0 Å². The summed E-state index contributed by atoms with van der Waals surface area (Å²) >= 11 is 6.75. The maximum atomic E-state index is 6.75. The van der Waals surface area contributed by atoms with Crippen LogP contribution in [0.4, 0.5) is 0 Å². The number of halogens is 2. The van der Waals surface area contributed by atoms with Crippen molar-refractivity contribution < 1.29 is 57.2 Å². The smallest absolute Gasteiger partial charge is 1.00 e. The fraction of sp³-hybridized carbons (Fsp3) is 0. The Balaban J connectivity index is 0. The Kier molecular flexibility index (Phi) is 9.81. The summed E-state index contributed by atoms with van der Waals surface area (Å²) < 4.78 is 0. The second-order valence-corrected chi connectivity index (χ2v) is 10.3. The Morgan fingerprint density at radius 3 is 1.21 bits per heavy atom. The van der Waals surface area contributed by atoms with Crippen LogP contribution >= 0.6 is 17.2 Å². The van der Waals surface area contributed by atoms with Gasteiger partial charge in [0, 0.05) is 0 Å². The molecule has 0 aliphatic rings. The third-order valence-electron chi connectivity index (χ3n) is 2.70. The predicted octanol–water partition coefficient (Wildman–Crippen LogP) is 0.927. The van der Waals surface area contributed by atoms with Gasteiger partial charge in [0.05, 0.1) is 0 Å². The van der Waals surface area contributed by atoms with Gasteiger partial charge in [0.15, 0.2) is 0 Å². The summed E-state index contributed by atoms with van der Waals surface area (Å²) in [4.78, 5) is 0.